The summed E-state index contributed by atoms with van der Waals surface area (Å²) in [6, 6.07) is 21.6. The summed E-state index contributed by atoms with van der Waals surface area (Å²) in [5, 5.41) is 2.65. The van der Waals surface area contributed by atoms with E-state index in [0.717, 1.165) is 12.8 Å². The quantitative estimate of drug-likeness (QED) is 0.746. The average Bonchev–Trinajstić information content (AvgIpc) is 2.64. The molecule has 0 saturated heterocycles. The normalized spacial score (nSPS) is 22.6. The van der Waals surface area contributed by atoms with E-state index in [1.165, 1.54) is 15.9 Å². The van der Waals surface area contributed by atoms with E-state index in [0.29, 0.717) is 12.3 Å². The number of rotatable bonds is 4. The molecule has 0 radical (unpaired) electrons. The first-order chi connectivity index (χ1) is 12.9. The molecule has 1 saturated carbocycles. The fraction of sp³-hybridized carbons (Fsp3) is 0.375. The summed E-state index contributed by atoms with van der Waals surface area (Å²) in [6.07, 6.45) is 4.60. The van der Waals surface area contributed by atoms with Gasteiger partial charge in [-0.15, -0.1) is 0 Å². The third-order valence-corrected chi connectivity index (χ3v) is 11.2. The maximum atomic E-state index is 11.7. The van der Waals surface area contributed by atoms with E-state index in [-0.39, 0.29) is 16.9 Å². The predicted molar refractivity (Wildman–Crippen MR) is 113 cm³/mol. The van der Waals surface area contributed by atoms with Gasteiger partial charge in [0.25, 0.3) is 8.32 Å². The standard InChI is InChI=1S/C24H28O2Si/c1-24(2,3)27(20-10-6-4-7-11-20,21-12-8-5-9-13-21)26-23-17-18-16-19(25)14-15-22(18)23/h4-13,16,22-23H,14-15,17H2,1-3H3/t22-,23+/m0/s1. The molecule has 0 spiro atoms. The highest BCUT2D eigenvalue weighted by molar-refractivity contribution is 6.99. The van der Waals surface area contributed by atoms with E-state index in [4.69, 9.17) is 4.43 Å². The van der Waals surface area contributed by atoms with Crippen molar-refractivity contribution in [1.29, 1.82) is 0 Å². The maximum Gasteiger partial charge on any atom is 0.261 e. The van der Waals surface area contributed by atoms with Gasteiger partial charge >= 0.3 is 0 Å². The van der Waals surface area contributed by atoms with Crippen molar-refractivity contribution >= 4 is 24.5 Å². The van der Waals surface area contributed by atoms with E-state index in [2.05, 4.69) is 81.4 Å². The molecule has 140 valence electrons. The highest BCUT2D eigenvalue weighted by atomic mass is 28.4. The minimum absolute atomic E-state index is 0.000337. The molecule has 2 nitrogen and oxygen atoms in total. The van der Waals surface area contributed by atoms with Crippen LogP contribution >= 0.6 is 0 Å². The van der Waals surface area contributed by atoms with Crippen LogP contribution in [0.1, 0.15) is 40.0 Å². The molecule has 4 rings (SSSR count). The van der Waals surface area contributed by atoms with Gasteiger partial charge in [-0.05, 0) is 34.3 Å². The minimum atomic E-state index is -2.49. The number of benzene rings is 2. The van der Waals surface area contributed by atoms with Gasteiger partial charge in [-0.1, -0.05) is 87.0 Å². The van der Waals surface area contributed by atoms with E-state index < -0.39 is 8.32 Å². The zero-order chi connectivity index (χ0) is 19.1. The number of fused-ring (bicyclic) bond motifs is 1. The fourth-order valence-corrected chi connectivity index (χ4v) is 9.48. The lowest BCUT2D eigenvalue weighted by Gasteiger charge is -2.51. The number of ketones is 1. The molecule has 0 unspecified atom stereocenters. The van der Waals surface area contributed by atoms with Gasteiger partial charge in [0, 0.05) is 12.3 Å². The first-order valence-corrected chi connectivity index (χ1v) is 11.8. The fourth-order valence-electron chi connectivity index (χ4n) is 4.76. The first kappa shape index (κ1) is 18.4. The highest BCUT2D eigenvalue weighted by Crippen LogP contribution is 2.46. The van der Waals surface area contributed by atoms with Crippen LogP contribution < -0.4 is 10.4 Å². The Morgan fingerprint density at radius 1 is 0.926 bits per heavy atom. The number of carbonyl (C=O) groups excluding carboxylic acids is 1. The topological polar surface area (TPSA) is 26.3 Å². The van der Waals surface area contributed by atoms with E-state index in [1.807, 2.05) is 6.08 Å². The molecule has 0 bridgehead atoms. The van der Waals surface area contributed by atoms with Crippen molar-refractivity contribution in [2.75, 3.05) is 0 Å². The van der Waals surface area contributed by atoms with E-state index in [9.17, 15) is 4.79 Å². The zero-order valence-corrected chi connectivity index (χ0v) is 17.4. The average molecular weight is 377 g/mol. The van der Waals surface area contributed by atoms with Crippen LogP contribution in [0.3, 0.4) is 0 Å². The van der Waals surface area contributed by atoms with E-state index >= 15 is 0 Å². The smallest absolute Gasteiger partial charge is 0.261 e. The Morgan fingerprint density at radius 2 is 1.48 bits per heavy atom. The van der Waals surface area contributed by atoms with Crippen LogP contribution in [0.15, 0.2) is 72.3 Å². The second kappa shape index (κ2) is 6.88. The minimum Gasteiger partial charge on any atom is -0.404 e. The molecule has 0 amide bonds. The van der Waals surface area contributed by atoms with Gasteiger partial charge in [-0.25, -0.2) is 0 Å². The maximum absolute atomic E-state index is 11.7. The Balaban J connectivity index is 1.79. The second-order valence-electron chi connectivity index (χ2n) is 8.85. The molecule has 0 N–H and O–H groups in total. The predicted octanol–water partition coefficient (Wildman–Crippen LogP) is 4.24. The van der Waals surface area contributed by atoms with Crippen molar-refractivity contribution in [3.63, 3.8) is 0 Å². The molecule has 3 heteroatoms. The molecule has 2 atom stereocenters. The van der Waals surface area contributed by atoms with Crippen LogP contribution in [-0.2, 0) is 9.22 Å². The molecule has 0 heterocycles. The van der Waals surface area contributed by atoms with Crippen molar-refractivity contribution in [2.24, 2.45) is 5.92 Å². The summed E-state index contributed by atoms with van der Waals surface area (Å²) in [7, 11) is -2.49. The highest BCUT2D eigenvalue weighted by Gasteiger charge is 2.54. The third kappa shape index (κ3) is 3.13. The SMILES string of the molecule is CC(C)(C)[Si](O[C@@H]1CC2=CC(=O)CC[C@@H]21)(c1ccccc1)c1ccccc1. The Bertz CT molecular complexity index is 809. The van der Waals surface area contributed by atoms with Crippen LogP contribution in [0.4, 0.5) is 0 Å². The van der Waals surface area contributed by atoms with Crippen molar-refractivity contribution < 1.29 is 9.22 Å². The summed E-state index contributed by atoms with van der Waals surface area (Å²) in [5.41, 5.74) is 1.30. The van der Waals surface area contributed by atoms with Crippen LogP contribution in [-0.4, -0.2) is 20.2 Å². The van der Waals surface area contributed by atoms with Gasteiger partial charge in [0.05, 0.1) is 6.10 Å². The van der Waals surface area contributed by atoms with Crippen molar-refractivity contribution in [2.45, 2.75) is 51.2 Å². The summed E-state index contributed by atoms with van der Waals surface area (Å²) in [5.74, 6) is 0.703. The number of carbonyl (C=O) groups is 1. The van der Waals surface area contributed by atoms with Gasteiger partial charge in [-0.2, -0.15) is 0 Å². The molecule has 0 aromatic heterocycles. The van der Waals surface area contributed by atoms with Gasteiger partial charge in [0.2, 0.25) is 0 Å². The Labute approximate surface area is 163 Å². The second-order valence-corrected chi connectivity index (χ2v) is 13.1. The molecule has 1 fully saturated rings. The van der Waals surface area contributed by atoms with Crippen molar-refractivity contribution in [1.82, 2.24) is 0 Å². The number of allylic oxidation sites excluding steroid dienone is 1. The molecule has 2 aromatic carbocycles. The van der Waals surface area contributed by atoms with Crippen LogP contribution in [0, 0.1) is 5.92 Å². The third-order valence-electron chi connectivity index (χ3n) is 6.16. The van der Waals surface area contributed by atoms with Gasteiger partial charge < -0.3 is 4.43 Å². The van der Waals surface area contributed by atoms with Crippen LogP contribution in [0.25, 0.3) is 0 Å². The molecule has 0 aliphatic heterocycles. The molecular formula is C24H28O2Si. The van der Waals surface area contributed by atoms with Gasteiger partial charge in [0.1, 0.15) is 0 Å². The Hall–Kier alpha value is -1.97. The molecule has 2 aliphatic carbocycles. The van der Waals surface area contributed by atoms with Gasteiger partial charge in [0.15, 0.2) is 5.78 Å². The van der Waals surface area contributed by atoms with Gasteiger partial charge in [-0.3, -0.25) is 4.79 Å². The summed E-state index contributed by atoms with van der Waals surface area (Å²) >= 11 is 0. The molecule has 2 aliphatic rings. The summed E-state index contributed by atoms with van der Waals surface area (Å²) in [6.45, 7) is 6.96. The largest absolute Gasteiger partial charge is 0.404 e. The first-order valence-electron chi connectivity index (χ1n) is 9.94. The van der Waals surface area contributed by atoms with Crippen molar-refractivity contribution in [3.05, 3.63) is 72.3 Å². The number of hydrogen-bond donors (Lipinski definition) is 0. The Morgan fingerprint density at radius 3 is 1.96 bits per heavy atom. The van der Waals surface area contributed by atoms with Crippen LogP contribution in [0.5, 0.6) is 0 Å². The number of hydrogen-bond acceptors (Lipinski definition) is 2. The molecule has 27 heavy (non-hydrogen) atoms. The summed E-state index contributed by atoms with van der Waals surface area (Å²) in [4.78, 5) is 11.7. The molecule has 2 aromatic rings. The summed E-state index contributed by atoms with van der Waals surface area (Å²) < 4.78 is 7.20. The molecular weight excluding hydrogens is 348 g/mol. The Kier molecular flexibility index (Phi) is 4.69. The van der Waals surface area contributed by atoms with E-state index in [1.54, 1.807) is 0 Å². The lowest BCUT2D eigenvalue weighted by molar-refractivity contribution is -0.116. The zero-order valence-electron chi connectivity index (χ0n) is 16.4. The van der Waals surface area contributed by atoms with Crippen molar-refractivity contribution in [3.8, 4) is 0 Å². The monoisotopic (exact) mass is 376 g/mol. The van der Waals surface area contributed by atoms with Crippen LogP contribution in [0.2, 0.25) is 5.04 Å². The lowest BCUT2D eigenvalue weighted by Crippen LogP contribution is -2.69. The lowest BCUT2D eigenvalue weighted by atomic mass is 9.70.